The summed E-state index contributed by atoms with van der Waals surface area (Å²) in [5.41, 5.74) is 6.01. The molecular formula is C14H27N3. The van der Waals surface area contributed by atoms with Gasteiger partial charge in [0.05, 0.1) is 0 Å². The molecule has 3 saturated heterocycles. The first-order valence-corrected chi connectivity index (χ1v) is 7.45. The molecule has 3 rings (SSSR count). The van der Waals surface area contributed by atoms with Crippen LogP contribution >= 0.6 is 0 Å². The van der Waals surface area contributed by atoms with Gasteiger partial charge in [-0.15, -0.1) is 0 Å². The Morgan fingerprint density at radius 3 is 2.06 bits per heavy atom. The maximum atomic E-state index is 6.01. The molecule has 3 heterocycles. The summed E-state index contributed by atoms with van der Waals surface area (Å²) in [7, 11) is 2.34. The highest BCUT2D eigenvalue weighted by Gasteiger charge is 2.38. The van der Waals surface area contributed by atoms with Gasteiger partial charge >= 0.3 is 0 Å². The Hall–Kier alpha value is -0.120. The van der Waals surface area contributed by atoms with Crippen molar-refractivity contribution < 1.29 is 0 Å². The van der Waals surface area contributed by atoms with Gasteiger partial charge in [-0.2, -0.15) is 0 Å². The van der Waals surface area contributed by atoms with Crippen LogP contribution in [0.1, 0.15) is 44.9 Å². The van der Waals surface area contributed by atoms with Crippen molar-refractivity contribution in [2.75, 3.05) is 20.1 Å². The fraction of sp³-hybridized carbons (Fsp3) is 1.00. The largest absolute Gasteiger partial charge is 0.328 e. The lowest BCUT2D eigenvalue weighted by Gasteiger charge is -2.50. The molecule has 98 valence electrons. The van der Waals surface area contributed by atoms with E-state index in [9.17, 15) is 0 Å². The monoisotopic (exact) mass is 237 g/mol. The first-order valence-electron chi connectivity index (χ1n) is 7.45. The predicted molar refractivity (Wildman–Crippen MR) is 71.0 cm³/mol. The molecule has 0 aromatic carbocycles. The first kappa shape index (κ1) is 11.9. The van der Waals surface area contributed by atoms with E-state index in [1.807, 2.05) is 0 Å². The van der Waals surface area contributed by atoms with Crippen molar-refractivity contribution in [3.05, 3.63) is 0 Å². The van der Waals surface area contributed by atoms with E-state index >= 15 is 0 Å². The molecule has 0 aromatic heterocycles. The Balaban J connectivity index is 1.61. The first-order chi connectivity index (χ1) is 8.24. The number of nitrogens with two attached hydrogens (primary N) is 1. The lowest BCUT2D eigenvalue weighted by molar-refractivity contribution is 0.00206. The van der Waals surface area contributed by atoms with Crippen LogP contribution in [0.3, 0.4) is 0 Å². The number of hydrogen-bond acceptors (Lipinski definition) is 3. The summed E-state index contributed by atoms with van der Waals surface area (Å²) in [4.78, 5) is 5.40. The third-order valence-electron chi connectivity index (χ3n) is 5.41. The van der Waals surface area contributed by atoms with E-state index in [4.69, 9.17) is 5.73 Å². The van der Waals surface area contributed by atoms with Gasteiger partial charge in [-0.05, 0) is 58.7 Å². The Labute approximate surface area is 105 Å². The average molecular weight is 237 g/mol. The van der Waals surface area contributed by atoms with Crippen LogP contribution in [0.25, 0.3) is 0 Å². The summed E-state index contributed by atoms with van der Waals surface area (Å²) >= 11 is 0. The zero-order chi connectivity index (χ0) is 11.8. The Morgan fingerprint density at radius 1 is 0.882 bits per heavy atom. The van der Waals surface area contributed by atoms with Crippen molar-refractivity contribution in [3.8, 4) is 0 Å². The van der Waals surface area contributed by atoms with Gasteiger partial charge in [0.25, 0.3) is 0 Å². The van der Waals surface area contributed by atoms with E-state index in [2.05, 4.69) is 16.8 Å². The number of nitrogens with zero attached hydrogens (tertiary/aromatic N) is 2. The Kier molecular flexibility index (Phi) is 3.42. The molecule has 0 radical (unpaired) electrons. The van der Waals surface area contributed by atoms with E-state index in [0.717, 1.165) is 18.1 Å². The number of piperidine rings is 3. The smallest absolute Gasteiger partial charge is 0.0125 e. The maximum absolute atomic E-state index is 6.01. The lowest BCUT2D eigenvalue weighted by Crippen LogP contribution is -2.57. The summed E-state index contributed by atoms with van der Waals surface area (Å²) in [5.74, 6) is 0. The molecule has 0 saturated carbocycles. The zero-order valence-electron chi connectivity index (χ0n) is 11.1. The average Bonchev–Trinajstić information content (AvgIpc) is 2.30. The van der Waals surface area contributed by atoms with Crippen LogP contribution in [0.5, 0.6) is 0 Å². The molecule has 0 aliphatic carbocycles. The van der Waals surface area contributed by atoms with E-state index in [1.54, 1.807) is 0 Å². The fourth-order valence-electron chi connectivity index (χ4n) is 4.17. The van der Waals surface area contributed by atoms with Crippen LogP contribution in [-0.2, 0) is 0 Å². The molecule has 3 nitrogen and oxygen atoms in total. The minimum atomic E-state index is 0.469. The van der Waals surface area contributed by atoms with E-state index < -0.39 is 0 Å². The highest BCUT2D eigenvalue weighted by molar-refractivity contribution is 4.95. The SMILES string of the molecule is CN1C2CCCC1CC(N1CCC(N)CC1)C2. The van der Waals surface area contributed by atoms with Crippen LogP contribution in [0.4, 0.5) is 0 Å². The molecule has 2 N–H and O–H groups in total. The van der Waals surface area contributed by atoms with Crippen LogP contribution in [0.2, 0.25) is 0 Å². The number of fused-ring (bicyclic) bond motifs is 2. The van der Waals surface area contributed by atoms with E-state index in [0.29, 0.717) is 6.04 Å². The molecular weight excluding hydrogens is 210 g/mol. The van der Waals surface area contributed by atoms with Gasteiger partial charge in [0, 0.05) is 24.2 Å². The molecule has 0 amide bonds. The Bertz CT molecular complexity index is 246. The predicted octanol–water partition coefficient (Wildman–Crippen LogP) is 1.42. The second-order valence-electron chi connectivity index (χ2n) is 6.40. The second-order valence-corrected chi connectivity index (χ2v) is 6.40. The fourth-order valence-corrected chi connectivity index (χ4v) is 4.17. The van der Waals surface area contributed by atoms with Gasteiger partial charge in [0.2, 0.25) is 0 Å². The quantitative estimate of drug-likeness (QED) is 0.749. The molecule has 17 heavy (non-hydrogen) atoms. The van der Waals surface area contributed by atoms with Crippen molar-refractivity contribution in [1.29, 1.82) is 0 Å². The van der Waals surface area contributed by atoms with Gasteiger partial charge in [0.1, 0.15) is 0 Å². The lowest BCUT2D eigenvalue weighted by atomic mass is 9.81. The topological polar surface area (TPSA) is 32.5 Å². The van der Waals surface area contributed by atoms with Crippen molar-refractivity contribution in [2.24, 2.45) is 5.73 Å². The minimum Gasteiger partial charge on any atom is -0.328 e. The van der Waals surface area contributed by atoms with Gasteiger partial charge in [-0.25, -0.2) is 0 Å². The summed E-state index contributed by atoms with van der Waals surface area (Å²) in [5, 5.41) is 0. The van der Waals surface area contributed by atoms with Crippen molar-refractivity contribution in [1.82, 2.24) is 9.80 Å². The molecule has 3 heteroatoms. The molecule has 0 spiro atoms. The standard InChI is InChI=1S/C14H27N3/c1-16-12-3-2-4-13(16)10-14(9-12)17-7-5-11(15)6-8-17/h11-14H,2-10,15H2,1H3. The normalized spacial score (nSPS) is 41.6. The highest BCUT2D eigenvalue weighted by Crippen LogP contribution is 2.35. The highest BCUT2D eigenvalue weighted by atomic mass is 15.2. The third-order valence-corrected chi connectivity index (χ3v) is 5.41. The summed E-state index contributed by atoms with van der Waals surface area (Å²) < 4.78 is 0. The minimum absolute atomic E-state index is 0.469. The van der Waals surface area contributed by atoms with Gasteiger partial charge in [-0.1, -0.05) is 6.42 Å². The summed E-state index contributed by atoms with van der Waals surface area (Å²) in [6.45, 7) is 2.49. The summed E-state index contributed by atoms with van der Waals surface area (Å²) in [6.07, 6.45) is 9.54. The van der Waals surface area contributed by atoms with E-state index in [1.165, 1.54) is 58.0 Å². The molecule has 2 unspecified atom stereocenters. The molecule has 3 fully saturated rings. The van der Waals surface area contributed by atoms with Gasteiger partial charge in [-0.3, -0.25) is 0 Å². The van der Waals surface area contributed by atoms with Gasteiger partial charge in [0.15, 0.2) is 0 Å². The molecule has 0 aromatic rings. The van der Waals surface area contributed by atoms with Gasteiger partial charge < -0.3 is 15.5 Å². The second kappa shape index (κ2) is 4.87. The zero-order valence-corrected chi connectivity index (χ0v) is 11.1. The summed E-state index contributed by atoms with van der Waals surface area (Å²) in [6, 6.07) is 3.05. The Morgan fingerprint density at radius 2 is 1.47 bits per heavy atom. The van der Waals surface area contributed by atoms with Crippen molar-refractivity contribution in [2.45, 2.75) is 69.1 Å². The maximum Gasteiger partial charge on any atom is 0.0125 e. The van der Waals surface area contributed by atoms with Crippen LogP contribution in [0, 0.1) is 0 Å². The van der Waals surface area contributed by atoms with Crippen LogP contribution in [-0.4, -0.2) is 54.1 Å². The van der Waals surface area contributed by atoms with Crippen LogP contribution < -0.4 is 5.73 Å². The van der Waals surface area contributed by atoms with E-state index in [-0.39, 0.29) is 0 Å². The van der Waals surface area contributed by atoms with Crippen molar-refractivity contribution >= 4 is 0 Å². The third kappa shape index (κ3) is 2.38. The number of rotatable bonds is 1. The molecule has 2 bridgehead atoms. The van der Waals surface area contributed by atoms with Crippen LogP contribution in [0.15, 0.2) is 0 Å². The molecule has 2 atom stereocenters. The molecule has 3 aliphatic rings. The molecule has 3 aliphatic heterocycles. The van der Waals surface area contributed by atoms with Crippen molar-refractivity contribution in [3.63, 3.8) is 0 Å². The number of hydrogen-bond donors (Lipinski definition) is 1. The number of likely N-dealkylation sites (tertiary alicyclic amines) is 1.